The zero-order chi connectivity index (χ0) is 5.98. The van der Waals surface area contributed by atoms with Crippen LogP contribution in [0.15, 0.2) is 0 Å². The number of carbonyl (C=O) groups is 1. The number of carboxylic acid groups (broad SMARTS) is 1. The second-order valence-electron chi connectivity index (χ2n) is 1.10. The lowest BCUT2D eigenvalue weighted by Gasteiger charge is -1.90. The van der Waals surface area contributed by atoms with E-state index in [0.29, 0.717) is 0 Å². The van der Waals surface area contributed by atoms with Crippen LogP contribution in [0, 0.1) is 6.20 Å². The van der Waals surface area contributed by atoms with Gasteiger partial charge in [-0.1, -0.05) is 11.4 Å². The van der Waals surface area contributed by atoms with Crippen molar-refractivity contribution in [3.05, 3.63) is 11.9 Å². The fourth-order valence-corrected chi connectivity index (χ4v) is 0.271. The van der Waals surface area contributed by atoms with Gasteiger partial charge in [-0.05, 0) is 5.69 Å². The van der Waals surface area contributed by atoms with Gasteiger partial charge in [0.05, 0.1) is 0 Å². The molecule has 0 spiro atoms. The van der Waals surface area contributed by atoms with Crippen molar-refractivity contribution in [2.75, 3.05) is 0 Å². The maximum absolute atomic E-state index is 9.92. The maximum Gasteiger partial charge on any atom is 0.191 e. The Balaban J connectivity index is 2.93. The van der Waals surface area contributed by atoms with Crippen molar-refractivity contribution < 1.29 is 9.90 Å². The molecule has 1 aromatic heterocycles. The molecule has 0 unspecified atom stereocenters. The highest BCUT2D eigenvalue weighted by atomic mass is 16.4. The minimum Gasteiger partial charge on any atom is -0.561 e. The van der Waals surface area contributed by atoms with Gasteiger partial charge in [0.15, 0.2) is 5.97 Å². The number of nitrogens with one attached hydrogen (secondary N) is 1. The second-order valence-corrected chi connectivity index (χ2v) is 1.10. The van der Waals surface area contributed by atoms with E-state index in [1.807, 2.05) is 0 Å². The third kappa shape index (κ3) is 0.651. The number of carboxylic acids is 1. The van der Waals surface area contributed by atoms with E-state index in [0.717, 1.165) is 0 Å². The molecule has 1 heterocycles. The van der Waals surface area contributed by atoms with Crippen LogP contribution in [-0.4, -0.2) is 26.5 Å². The average molecular weight is 112 g/mol. The summed E-state index contributed by atoms with van der Waals surface area (Å²) in [6, 6.07) is 0. The number of hydrogen-bond donors (Lipinski definition) is 2. The van der Waals surface area contributed by atoms with Crippen LogP contribution in [0.5, 0.6) is 0 Å². The molecule has 5 heteroatoms. The van der Waals surface area contributed by atoms with Crippen LogP contribution in [0.25, 0.3) is 0 Å². The standard InChI is InChI=1S/C3H2N3O2/c7-3(8)2-1-4-6-5-2/h(H,7,8)(H,4,5,6)/q-1. The summed E-state index contributed by atoms with van der Waals surface area (Å²) in [6.07, 6.45) is 2.12. The topological polar surface area (TPSA) is 78.9 Å². The number of hydrogen-bond acceptors (Lipinski definition) is 3. The van der Waals surface area contributed by atoms with E-state index < -0.39 is 5.97 Å². The minimum absolute atomic E-state index is 0.120. The molecule has 0 bridgehead atoms. The molecular weight excluding hydrogens is 110 g/mol. The van der Waals surface area contributed by atoms with Crippen molar-refractivity contribution in [3.63, 3.8) is 0 Å². The van der Waals surface area contributed by atoms with Gasteiger partial charge < -0.3 is 9.90 Å². The molecule has 0 fully saturated rings. The molecule has 8 heavy (non-hydrogen) atoms. The first-order valence-corrected chi connectivity index (χ1v) is 1.82. The van der Waals surface area contributed by atoms with E-state index >= 15 is 0 Å². The van der Waals surface area contributed by atoms with Gasteiger partial charge in [0, 0.05) is 0 Å². The number of aromatic carboxylic acids is 1. The Hall–Kier alpha value is -1.39. The Bertz CT molecular complexity index is 180. The van der Waals surface area contributed by atoms with Crippen molar-refractivity contribution in [1.29, 1.82) is 0 Å². The smallest absolute Gasteiger partial charge is 0.191 e. The molecule has 0 amide bonds. The first-order valence-electron chi connectivity index (χ1n) is 1.82. The molecule has 0 saturated heterocycles. The second kappa shape index (κ2) is 1.61. The lowest BCUT2D eigenvalue weighted by Crippen LogP contribution is -1.95. The zero-order valence-corrected chi connectivity index (χ0v) is 3.75. The lowest BCUT2D eigenvalue weighted by atomic mass is 10.5. The molecule has 0 aliphatic heterocycles. The van der Waals surface area contributed by atoms with E-state index in [1.54, 1.807) is 0 Å². The minimum atomic E-state index is -1.10. The highest BCUT2D eigenvalue weighted by molar-refractivity contribution is 5.84. The monoisotopic (exact) mass is 112 g/mol. The van der Waals surface area contributed by atoms with Crippen LogP contribution >= 0.6 is 0 Å². The molecule has 0 saturated carbocycles. The van der Waals surface area contributed by atoms with Gasteiger partial charge in [-0.3, -0.25) is 5.10 Å². The maximum atomic E-state index is 9.92. The fourth-order valence-electron chi connectivity index (χ4n) is 0.271. The van der Waals surface area contributed by atoms with Crippen LogP contribution in [0.2, 0.25) is 0 Å². The molecule has 2 N–H and O–H groups in total. The van der Waals surface area contributed by atoms with Crippen LogP contribution in [0.3, 0.4) is 0 Å². The summed E-state index contributed by atoms with van der Waals surface area (Å²) in [7, 11) is 0. The quantitative estimate of drug-likeness (QED) is 0.471. The number of aromatic amines is 1. The van der Waals surface area contributed by atoms with Crippen molar-refractivity contribution in [1.82, 2.24) is 15.4 Å². The predicted octanol–water partition coefficient (Wildman–Crippen LogP) is -0.697. The van der Waals surface area contributed by atoms with Gasteiger partial charge in [-0.25, -0.2) is 5.10 Å². The number of aromatic nitrogens is 3. The molecule has 0 atom stereocenters. The molecule has 0 radical (unpaired) electrons. The Labute approximate surface area is 44.3 Å². The van der Waals surface area contributed by atoms with Gasteiger partial charge in [0.2, 0.25) is 0 Å². The highest BCUT2D eigenvalue weighted by Crippen LogP contribution is 1.83. The molecular formula is C3H2N3O2-. The Kier molecular flexibility index (Phi) is 0.957. The van der Waals surface area contributed by atoms with Crippen LogP contribution in [0.4, 0.5) is 0 Å². The molecule has 0 aliphatic rings. The molecule has 1 rings (SSSR count). The highest BCUT2D eigenvalue weighted by Gasteiger charge is 1.86. The third-order valence-corrected chi connectivity index (χ3v) is 0.587. The largest absolute Gasteiger partial charge is 0.561 e. The fraction of sp³-hybridized carbons (Fsp3) is 0. The lowest BCUT2D eigenvalue weighted by molar-refractivity contribution is 0.0690. The van der Waals surface area contributed by atoms with Crippen LogP contribution < -0.4 is 0 Å². The van der Waals surface area contributed by atoms with Gasteiger partial charge >= 0.3 is 0 Å². The molecule has 1 aromatic rings. The van der Waals surface area contributed by atoms with Crippen LogP contribution in [0.1, 0.15) is 10.5 Å². The van der Waals surface area contributed by atoms with Gasteiger partial charge in [-0.15, -0.1) is 0 Å². The predicted molar refractivity (Wildman–Crippen MR) is 22.2 cm³/mol. The van der Waals surface area contributed by atoms with Crippen molar-refractivity contribution >= 4 is 5.97 Å². The molecule has 5 nitrogen and oxygen atoms in total. The summed E-state index contributed by atoms with van der Waals surface area (Å²) in [5, 5.41) is 16.5. The normalized spacial score (nSPS) is 9.00. The van der Waals surface area contributed by atoms with E-state index in [4.69, 9.17) is 5.11 Å². The van der Waals surface area contributed by atoms with Crippen molar-refractivity contribution in [2.24, 2.45) is 0 Å². The van der Waals surface area contributed by atoms with Gasteiger partial charge in [0.1, 0.15) is 0 Å². The first-order chi connectivity index (χ1) is 3.80. The van der Waals surface area contributed by atoms with E-state index in [-0.39, 0.29) is 5.69 Å². The summed E-state index contributed by atoms with van der Waals surface area (Å²) in [6.45, 7) is 0. The van der Waals surface area contributed by atoms with E-state index in [2.05, 4.69) is 21.6 Å². The molecule has 0 aliphatic carbocycles. The summed E-state index contributed by atoms with van der Waals surface area (Å²) < 4.78 is 0. The number of H-pyrrole nitrogens is 1. The zero-order valence-electron chi connectivity index (χ0n) is 3.75. The van der Waals surface area contributed by atoms with Crippen LogP contribution in [-0.2, 0) is 0 Å². The average Bonchev–Trinajstić information content (AvgIpc) is 2.12. The molecule has 0 aromatic carbocycles. The number of rotatable bonds is 1. The Morgan fingerprint density at radius 3 is 2.88 bits per heavy atom. The van der Waals surface area contributed by atoms with E-state index in [9.17, 15) is 4.79 Å². The van der Waals surface area contributed by atoms with Gasteiger partial charge in [-0.2, -0.15) is 0 Å². The summed E-state index contributed by atoms with van der Waals surface area (Å²) in [5.74, 6) is -1.10. The third-order valence-electron chi connectivity index (χ3n) is 0.587. The van der Waals surface area contributed by atoms with Crippen molar-refractivity contribution in [2.45, 2.75) is 0 Å². The first kappa shape index (κ1) is 4.76. The SMILES string of the molecule is O=C(O)c1[c-]nn[nH]1. The number of nitrogens with zero attached hydrogens (tertiary/aromatic N) is 2. The van der Waals surface area contributed by atoms with Crippen molar-refractivity contribution in [3.8, 4) is 0 Å². The van der Waals surface area contributed by atoms with E-state index in [1.165, 1.54) is 0 Å². The summed E-state index contributed by atoms with van der Waals surface area (Å²) in [5.41, 5.74) is -0.120. The Morgan fingerprint density at radius 2 is 2.62 bits per heavy atom. The summed E-state index contributed by atoms with van der Waals surface area (Å²) >= 11 is 0. The molecule has 42 valence electrons. The van der Waals surface area contributed by atoms with Gasteiger partial charge in [0.25, 0.3) is 0 Å². The summed E-state index contributed by atoms with van der Waals surface area (Å²) in [4.78, 5) is 9.92. The Morgan fingerprint density at radius 1 is 1.88 bits per heavy atom.